The van der Waals surface area contributed by atoms with Crippen molar-refractivity contribution in [2.45, 2.75) is 19.8 Å². The van der Waals surface area contributed by atoms with Crippen molar-refractivity contribution >= 4 is 34.8 Å². The predicted octanol–water partition coefficient (Wildman–Crippen LogP) is 6.86. The van der Waals surface area contributed by atoms with E-state index in [4.69, 9.17) is 21.7 Å². The molecule has 0 bridgehead atoms. The zero-order valence-corrected chi connectivity index (χ0v) is 20.6. The SMILES string of the molecule is C=CN1C=C(c2c(F)ccc(NN(O)c3cc(Cl)cnc3OC)c2F)C=C/C1=C(\C=C\C=N)CCC. The summed E-state index contributed by atoms with van der Waals surface area (Å²) in [6.07, 6.45) is 14.0. The highest BCUT2D eigenvalue weighted by Gasteiger charge is 2.22. The van der Waals surface area contributed by atoms with Gasteiger partial charge in [-0.15, -0.1) is 0 Å². The van der Waals surface area contributed by atoms with Crippen molar-refractivity contribution in [3.05, 3.63) is 101 Å². The van der Waals surface area contributed by atoms with Gasteiger partial charge in [-0.1, -0.05) is 43.7 Å². The lowest BCUT2D eigenvalue weighted by Gasteiger charge is -2.26. The Balaban J connectivity index is 2.00. The fourth-order valence-electron chi connectivity index (χ4n) is 3.62. The van der Waals surface area contributed by atoms with Crippen LogP contribution >= 0.6 is 11.6 Å². The van der Waals surface area contributed by atoms with Crippen LogP contribution in [-0.4, -0.2) is 28.4 Å². The van der Waals surface area contributed by atoms with Gasteiger partial charge in [-0.2, -0.15) is 5.17 Å². The third kappa shape index (κ3) is 5.81. The molecule has 10 heteroatoms. The van der Waals surface area contributed by atoms with Gasteiger partial charge in [0.25, 0.3) is 0 Å². The number of aromatic nitrogens is 1. The average Bonchev–Trinajstić information content (AvgIpc) is 2.88. The number of methoxy groups -OCH3 is 1. The van der Waals surface area contributed by atoms with Crippen LogP contribution in [0, 0.1) is 17.0 Å². The number of halogens is 3. The Labute approximate surface area is 213 Å². The molecule has 0 spiro atoms. The molecule has 2 aromatic rings. The van der Waals surface area contributed by atoms with Gasteiger partial charge in [0.1, 0.15) is 5.82 Å². The lowest BCUT2D eigenvalue weighted by Crippen LogP contribution is -2.27. The van der Waals surface area contributed by atoms with Gasteiger partial charge in [-0.25, -0.2) is 13.8 Å². The quantitative estimate of drug-likeness (QED) is 0.238. The Morgan fingerprint density at radius 2 is 2.14 bits per heavy atom. The van der Waals surface area contributed by atoms with Crippen LogP contribution in [0.5, 0.6) is 5.88 Å². The molecule has 7 nitrogen and oxygen atoms in total. The highest BCUT2D eigenvalue weighted by molar-refractivity contribution is 6.30. The number of anilines is 2. The van der Waals surface area contributed by atoms with Crippen molar-refractivity contribution in [3.63, 3.8) is 0 Å². The van der Waals surface area contributed by atoms with Crippen LogP contribution in [0.3, 0.4) is 0 Å². The summed E-state index contributed by atoms with van der Waals surface area (Å²) in [5, 5.41) is 18.5. The van der Waals surface area contributed by atoms with E-state index in [1.165, 1.54) is 25.6 Å². The Morgan fingerprint density at radius 1 is 1.36 bits per heavy atom. The van der Waals surface area contributed by atoms with Crippen LogP contribution in [0.15, 0.2) is 78.9 Å². The van der Waals surface area contributed by atoms with Crippen molar-refractivity contribution in [2.75, 3.05) is 17.7 Å². The third-order valence-electron chi connectivity index (χ3n) is 5.24. The number of allylic oxidation sites excluding steroid dienone is 6. The van der Waals surface area contributed by atoms with Crippen LogP contribution in [0.1, 0.15) is 25.3 Å². The van der Waals surface area contributed by atoms with Gasteiger partial charge in [0.05, 0.1) is 23.4 Å². The minimum Gasteiger partial charge on any atom is -0.479 e. The topological polar surface area (TPSA) is 84.7 Å². The van der Waals surface area contributed by atoms with E-state index in [1.807, 2.05) is 13.0 Å². The standard InChI is InChI=1S/C26H26ClF2N5O2/c1-4-7-17(8-6-13-30)22-12-9-18(16-33(22)5-2)24-20(28)10-11-21(25(24)29)32-34(35)23-14-19(27)15-31-26(23)36-3/h5-6,8-16,30,32,35H,2,4,7H2,1,3H3/b8-6+,22-17+,30-13?. The monoisotopic (exact) mass is 513 g/mol. The summed E-state index contributed by atoms with van der Waals surface area (Å²) in [6, 6.07) is 3.62. The van der Waals surface area contributed by atoms with Crippen molar-refractivity contribution < 1.29 is 18.7 Å². The number of hydrogen-bond acceptors (Lipinski definition) is 7. The average molecular weight is 514 g/mol. The molecule has 0 fully saturated rings. The molecule has 1 aromatic carbocycles. The lowest BCUT2D eigenvalue weighted by molar-refractivity contribution is 0.270. The minimum atomic E-state index is -0.923. The molecule has 1 aliphatic rings. The first-order chi connectivity index (χ1) is 17.3. The number of benzene rings is 1. The van der Waals surface area contributed by atoms with Gasteiger partial charge in [-0.3, -0.25) is 10.6 Å². The number of hydrogen-bond donors (Lipinski definition) is 3. The zero-order chi connectivity index (χ0) is 26.2. The Bertz CT molecular complexity index is 1270. The van der Waals surface area contributed by atoms with Crippen molar-refractivity contribution in [2.24, 2.45) is 0 Å². The second kappa shape index (κ2) is 12.1. The second-order valence-corrected chi connectivity index (χ2v) is 8.02. The van der Waals surface area contributed by atoms with E-state index in [2.05, 4.69) is 17.0 Å². The van der Waals surface area contributed by atoms with E-state index in [0.29, 0.717) is 5.17 Å². The Morgan fingerprint density at radius 3 is 2.81 bits per heavy atom. The number of pyridine rings is 1. The number of ether oxygens (including phenoxy) is 1. The largest absolute Gasteiger partial charge is 0.479 e. The Kier molecular flexibility index (Phi) is 8.99. The second-order valence-electron chi connectivity index (χ2n) is 7.58. The van der Waals surface area contributed by atoms with Crippen molar-refractivity contribution in [3.8, 4) is 5.88 Å². The molecule has 1 aliphatic heterocycles. The summed E-state index contributed by atoms with van der Waals surface area (Å²) in [6.45, 7) is 5.86. The molecule has 0 saturated carbocycles. The molecule has 0 aliphatic carbocycles. The number of nitrogens with zero attached hydrogens (tertiary/aromatic N) is 3. The predicted molar refractivity (Wildman–Crippen MR) is 139 cm³/mol. The molecular formula is C26H26ClF2N5O2. The molecule has 0 amide bonds. The molecule has 3 N–H and O–H groups in total. The van der Waals surface area contributed by atoms with Crippen LogP contribution in [0.4, 0.5) is 20.2 Å². The maximum absolute atomic E-state index is 15.5. The number of rotatable bonds is 10. The first kappa shape index (κ1) is 26.7. The molecule has 36 heavy (non-hydrogen) atoms. The van der Waals surface area contributed by atoms with Crippen LogP contribution in [0.2, 0.25) is 5.02 Å². The molecule has 0 radical (unpaired) electrons. The van der Waals surface area contributed by atoms with Gasteiger partial charge in [0, 0.05) is 36.1 Å². The maximum Gasteiger partial charge on any atom is 0.242 e. The Hall–Kier alpha value is -3.95. The molecular weight excluding hydrogens is 488 g/mol. The minimum absolute atomic E-state index is 0.0288. The van der Waals surface area contributed by atoms with E-state index in [-0.39, 0.29) is 33.4 Å². The van der Waals surface area contributed by atoms with Crippen molar-refractivity contribution in [1.82, 2.24) is 9.88 Å². The molecule has 0 atom stereocenters. The molecule has 2 heterocycles. The molecule has 0 saturated heterocycles. The van der Waals surface area contributed by atoms with Gasteiger partial charge >= 0.3 is 0 Å². The van der Waals surface area contributed by atoms with E-state index >= 15 is 4.39 Å². The van der Waals surface area contributed by atoms with Crippen molar-refractivity contribution in [1.29, 1.82) is 5.41 Å². The summed E-state index contributed by atoms with van der Waals surface area (Å²) >= 11 is 5.95. The van der Waals surface area contributed by atoms with E-state index in [1.54, 1.807) is 35.5 Å². The molecule has 3 rings (SSSR count). The smallest absolute Gasteiger partial charge is 0.242 e. The van der Waals surface area contributed by atoms with E-state index in [9.17, 15) is 9.60 Å². The van der Waals surface area contributed by atoms with E-state index in [0.717, 1.165) is 36.2 Å². The fraction of sp³-hybridized carbons (Fsp3) is 0.154. The highest BCUT2D eigenvalue weighted by Crippen LogP contribution is 2.34. The van der Waals surface area contributed by atoms with Gasteiger partial charge < -0.3 is 15.0 Å². The summed E-state index contributed by atoms with van der Waals surface area (Å²) < 4.78 is 35.5. The van der Waals surface area contributed by atoms with Crippen LogP contribution < -0.4 is 15.3 Å². The third-order valence-corrected chi connectivity index (χ3v) is 5.45. The summed E-state index contributed by atoms with van der Waals surface area (Å²) in [7, 11) is 1.35. The summed E-state index contributed by atoms with van der Waals surface area (Å²) in [5.41, 5.74) is 4.00. The molecule has 1 aromatic heterocycles. The first-order valence-electron chi connectivity index (χ1n) is 11.0. The van der Waals surface area contributed by atoms with Gasteiger partial charge in [-0.05, 0) is 42.3 Å². The molecule has 188 valence electrons. The van der Waals surface area contributed by atoms with Gasteiger partial charge in [0.2, 0.25) is 5.88 Å². The van der Waals surface area contributed by atoms with Gasteiger partial charge in [0.15, 0.2) is 11.5 Å². The molecule has 0 unspecified atom stereocenters. The van der Waals surface area contributed by atoms with Crippen LogP contribution in [0.25, 0.3) is 5.57 Å². The summed E-state index contributed by atoms with van der Waals surface area (Å²) in [5.74, 6) is -1.67. The fourth-order valence-corrected chi connectivity index (χ4v) is 3.77. The summed E-state index contributed by atoms with van der Waals surface area (Å²) in [4.78, 5) is 5.63. The number of hydrazine groups is 1. The zero-order valence-electron chi connectivity index (χ0n) is 19.8. The first-order valence-corrected chi connectivity index (χ1v) is 11.4. The number of nitrogens with one attached hydrogen (secondary N) is 2. The van der Waals surface area contributed by atoms with E-state index < -0.39 is 11.6 Å². The lowest BCUT2D eigenvalue weighted by atomic mass is 9.98. The normalized spacial score (nSPS) is 14.5. The maximum atomic E-state index is 15.5. The van der Waals surface area contributed by atoms with Crippen LogP contribution in [-0.2, 0) is 0 Å². The highest BCUT2D eigenvalue weighted by atomic mass is 35.5.